The van der Waals surface area contributed by atoms with E-state index in [2.05, 4.69) is 10.2 Å². The molecule has 33 heavy (non-hydrogen) atoms. The van der Waals surface area contributed by atoms with Crippen molar-refractivity contribution >= 4 is 23.4 Å². The van der Waals surface area contributed by atoms with Crippen molar-refractivity contribution in [1.82, 2.24) is 14.8 Å². The summed E-state index contributed by atoms with van der Waals surface area (Å²) in [4.78, 5) is 15.0. The molecule has 4 aromatic rings. The second kappa shape index (κ2) is 8.78. The molecule has 5 rings (SSSR count). The van der Waals surface area contributed by atoms with Crippen LogP contribution in [0.5, 0.6) is 0 Å². The third-order valence-electron chi connectivity index (χ3n) is 5.62. The summed E-state index contributed by atoms with van der Waals surface area (Å²) in [6.45, 7) is 2.02. The van der Waals surface area contributed by atoms with Crippen LogP contribution in [-0.4, -0.2) is 32.5 Å². The van der Waals surface area contributed by atoms with E-state index in [-0.39, 0.29) is 23.4 Å². The van der Waals surface area contributed by atoms with Crippen molar-refractivity contribution < 1.29 is 13.6 Å². The maximum Gasteiger partial charge on any atom is 0.237 e. The van der Waals surface area contributed by atoms with Crippen LogP contribution >= 0.6 is 11.8 Å². The number of thioether (sulfide) groups is 1. The molecule has 1 atom stereocenters. The molecule has 0 fully saturated rings. The molecule has 2 heterocycles. The van der Waals surface area contributed by atoms with E-state index in [1.165, 1.54) is 28.5 Å². The highest BCUT2D eigenvalue weighted by Crippen LogP contribution is 2.34. The van der Waals surface area contributed by atoms with Gasteiger partial charge >= 0.3 is 0 Å². The monoisotopic (exact) mass is 462 g/mol. The van der Waals surface area contributed by atoms with Gasteiger partial charge in [-0.3, -0.25) is 9.36 Å². The molecule has 0 aliphatic carbocycles. The summed E-state index contributed by atoms with van der Waals surface area (Å²) in [7, 11) is 0. The number of aromatic nitrogens is 3. The number of halogens is 2. The van der Waals surface area contributed by atoms with Crippen LogP contribution in [0.15, 0.2) is 78.0 Å². The Balaban J connectivity index is 1.48. The Bertz CT molecular complexity index is 1330. The highest BCUT2D eigenvalue weighted by atomic mass is 32.2. The molecule has 0 radical (unpaired) electrons. The van der Waals surface area contributed by atoms with Gasteiger partial charge in [-0.25, -0.2) is 8.78 Å². The summed E-state index contributed by atoms with van der Waals surface area (Å²) in [6.07, 6.45) is 0.807. The Labute approximate surface area is 194 Å². The zero-order chi connectivity index (χ0) is 22.9. The van der Waals surface area contributed by atoms with Gasteiger partial charge in [0.15, 0.2) is 11.0 Å². The maximum absolute atomic E-state index is 14.7. The molecule has 0 bridgehead atoms. The molecule has 1 aliphatic rings. The summed E-state index contributed by atoms with van der Waals surface area (Å²) in [5, 5.41) is 8.85. The number of carbonyl (C=O) groups excluding carboxylic acids is 1. The van der Waals surface area contributed by atoms with Crippen molar-refractivity contribution in [1.29, 1.82) is 0 Å². The minimum atomic E-state index is -0.734. The Morgan fingerprint density at radius 2 is 1.76 bits per heavy atom. The van der Waals surface area contributed by atoms with Crippen LogP contribution in [0.3, 0.4) is 0 Å². The van der Waals surface area contributed by atoms with E-state index >= 15 is 0 Å². The van der Waals surface area contributed by atoms with Crippen LogP contribution in [-0.2, 0) is 11.2 Å². The lowest BCUT2D eigenvalue weighted by Gasteiger charge is -2.22. The summed E-state index contributed by atoms with van der Waals surface area (Å²) < 4.78 is 29.8. The van der Waals surface area contributed by atoms with E-state index < -0.39 is 11.6 Å². The van der Waals surface area contributed by atoms with Gasteiger partial charge in [0, 0.05) is 23.4 Å². The van der Waals surface area contributed by atoms with Gasteiger partial charge in [-0.1, -0.05) is 60.3 Å². The van der Waals surface area contributed by atoms with Gasteiger partial charge in [-0.2, -0.15) is 0 Å². The fourth-order valence-corrected chi connectivity index (χ4v) is 4.96. The van der Waals surface area contributed by atoms with Crippen LogP contribution in [0.2, 0.25) is 0 Å². The lowest BCUT2D eigenvalue weighted by molar-refractivity contribution is -0.116. The highest BCUT2D eigenvalue weighted by molar-refractivity contribution is 7.99. The van der Waals surface area contributed by atoms with Gasteiger partial charge in [0.25, 0.3) is 0 Å². The first-order valence-electron chi connectivity index (χ1n) is 10.5. The van der Waals surface area contributed by atoms with Gasteiger partial charge in [0.2, 0.25) is 5.91 Å². The minimum Gasteiger partial charge on any atom is -0.308 e. The van der Waals surface area contributed by atoms with Crippen LogP contribution < -0.4 is 4.90 Å². The van der Waals surface area contributed by atoms with Gasteiger partial charge in [0.1, 0.15) is 11.6 Å². The second-order valence-electron chi connectivity index (χ2n) is 7.84. The first kappa shape index (κ1) is 21.3. The highest BCUT2D eigenvalue weighted by Gasteiger charge is 2.31. The Morgan fingerprint density at radius 3 is 2.55 bits per heavy atom. The molecule has 166 valence electrons. The summed E-state index contributed by atoms with van der Waals surface area (Å²) in [6, 6.07) is 20.5. The van der Waals surface area contributed by atoms with E-state index in [9.17, 15) is 13.6 Å². The molecule has 8 heteroatoms. The molecule has 0 spiro atoms. The molecule has 1 aliphatic heterocycles. The number of carbonyl (C=O) groups is 1. The molecule has 0 saturated carbocycles. The topological polar surface area (TPSA) is 51.0 Å². The van der Waals surface area contributed by atoms with E-state index in [1.54, 1.807) is 4.90 Å². The minimum absolute atomic E-state index is 0.0581. The van der Waals surface area contributed by atoms with Crippen LogP contribution in [0.25, 0.3) is 17.1 Å². The zero-order valence-electron chi connectivity index (χ0n) is 17.8. The number of nitrogens with zero attached hydrogens (tertiary/aromatic N) is 4. The van der Waals surface area contributed by atoms with Crippen molar-refractivity contribution in [3.05, 3.63) is 90.0 Å². The summed E-state index contributed by atoms with van der Waals surface area (Å²) >= 11 is 1.18. The van der Waals surface area contributed by atoms with Crippen molar-refractivity contribution in [2.24, 2.45) is 0 Å². The SMILES string of the molecule is CC1Cc2ccccc2N1C(=O)CSc1nnc(-c2ccccc2)n1-c1ccc(F)cc1F. The molecule has 1 amide bonds. The molecule has 5 nitrogen and oxygen atoms in total. The molecule has 0 N–H and O–H groups in total. The summed E-state index contributed by atoms with van der Waals surface area (Å²) in [5.41, 5.74) is 2.92. The number of para-hydroxylation sites is 1. The van der Waals surface area contributed by atoms with Crippen LogP contribution in [0, 0.1) is 11.6 Å². The third-order valence-corrected chi connectivity index (χ3v) is 6.53. The Kier molecular flexibility index (Phi) is 5.68. The fourth-order valence-electron chi connectivity index (χ4n) is 4.16. The van der Waals surface area contributed by atoms with Crippen molar-refractivity contribution in [3.63, 3.8) is 0 Å². The zero-order valence-corrected chi connectivity index (χ0v) is 18.6. The molecular formula is C25H20F2N4OS. The lowest BCUT2D eigenvalue weighted by atomic mass is 10.1. The third kappa shape index (κ3) is 4.02. The van der Waals surface area contributed by atoms with E-state index in [0.717, 1.165) is 29.3 Å². The van der Waals surface area contributed by atoms with E-state index in [0.29, 0.717) is 11.0 Å². The van der Waals surface area contributed by atoms with Crippen LogP contribution in [0.4, 0.5) is 14.5 Å². The standard InChI is InChI=1S/C25H20F2N4OS/c1-16-13-18-9-5-6-10-21(18)30(16)23(32)15-33-25-29-28-24(17-7-3-2-4-8-17)31(25)22-12-11-19(26)14-20(22)27/h2-12,14,16H,13,15H2,1H3. The molecular weight excluding hydrogens is 442 g/mol. The van der Waals surface area contributed by atoms with Gasteiger partial charge < -0.3 is 4.90 Å². The number of rotatable bonds is 5. The van der Waals surface area contributed by atoms with Gasteiger partial charge in [-0.05, 0) is 37.1 Å². The molecule has 0 saturated heterocycles. The average molecular weight is 463 g/mol. The first-order valence-corrected chi connectivity index (χ1v) is 11.5. The number of amides is 1. The second-order valence-corrected chi connectivity index (χ2v) is 8.78. The number of fused-ring (bicyclic) bond motifs is 1. The Hall–Kier alpha value is -3.52. The average Bonchev–Trinajstić information content (AvgIpc) is 3.38. The predicted molar refractivity (Wildman–Crippen MR) is 125 cm³/mol. The fraction of sp³-hybridized carbons (Fsp3) is 0.160. The Morgan fingerprint density at radius 1 is 1.00 bits per heavy atom. The molecule has 1 aromatic heterocycles. The van der Waals surface area contributed by atoms with E-state index in [1.807, 2.05) is 61.5 Å². The maximum atomic E-state index is 14.7. The molecule has 1 unspecified atom stereocenters. The van der Waals surface area contributed by atoms with Crippen molar-refractivity contribution in [2.45, 2.75) is 24.5 Å². The lowest BCUT2D eigenvalue weighted by Crippen LogP contribution is -2.37. The first-order chi connectivity index (χ1) is 16.0. The number of hydrogen-bond donors (Lipinski definition) is 0. The number of hydrogen-bond acceptors (Lipinski definition) is 4. The number of anilines is 1. The number of benzene rings is 3. The van der Waals surface area contributed by atoms with Gasteiger partial charge in [-0.15, -0.1) is 10.2 Å². The van der Waals surface area contributed by atoms with Crippen molar-refractivity contribution in [2.75, 3.05) is 10.7 Å². The normalized spacial score (nSPS) is 15.0. The summed E-state index contributed by atoms with van der Waals surface area (Å²) in [5.74, 6) is -0.948. The smallest absolute Gasteiger partial charge is 0.237 e. The van der Waals surface area contributed by atoms with E-state index in [4.69, 9.17) is 0 Å². The largest absolute Gasteiger partial charge is 0.308 e. The molecule has 3 aromatic carbocycles. The van der Waals surface area contributed by atoms with Crippen LogP contribution in [0.1, 0.15) is 12.5 Å². The quantitative estimate of drug-likeness (QED) is 0.379. The van der Waals surface area contributed by atoms with Crippen molar-refractivity contribution in [3.8, 4) is 17.1 Å². The predicted octanol–water partition coefficient (Wildman–Crippen LogP) is 5.28. The van der Waals surface area contributed by atoms with Gasteiger partial charge in [0.05, 0.1) is 11.4 Å².